The van der Waals surface area contributed by atoms with Crippen LogP contribution in [0.4, 0.5) is 0 Å². The number of nitrogens with one attached hydrogen (secondary N) is 1. The van der Waals surface area contributed by atoms with Gasteiger partial charge in [0.2, 0.25) is 11.8 Å². The second-order valence-corrected chi connectivity index (χ2v) is 5.60. The number of likely N-dealkylation sites (tertiary alicyclic amines) is 1. The smallest absolute Gasteiger partial charge is 0.235 e. The van der Waals surface area contributed by atoms with Crippen molar-refractivity contribution in [3.8, 4) is 0 Å². The summed E-state index contributed by atoms with van der Waals surface area (Å²) in [6.45, 7) is 6.40. The molecule has 0 bridgehead atoms. The summed E-state index contributed by atoms with van der Waals surface area (Å²) in [5, 5.41) is 3.18. The van der Waals surface area contributed by atoms with Crippen LogP contribution in [0.3, 0.4) is 0 Å². The molecule has 0 aromatic rings. The van der Waals surface area contributed by atoms with E-state index in [2.05, 4.69) is 12.2 Å². The van der Waals surface area contributed by atoms with E-state index in [0.717, 1.165) is 19.3 Å². The fraction of sp³-hybridized carbons (Fsp3) is 0.846. The van der Waals surface area contributed by atoms with Gasteiger partial charge in [0, 0.05) is 19.0 Å². The van der Waals surface area contributed by atoms with E-state index in [1.54, 1.807) is 0 Å². The predicted octanol–water partition coefficient (Wildman–Crippen LogP) is 1.55. The van der Waals surface area contributed by atoms with Crippen LogP contribution in [0.15, 0.2) is 0 Å². The lowest BCUT2D eigenvalue weighted by molar-refractivity contribution is -0.140. The van der Waals surface area contributed by atoms with E-state index in [9.17, 15) is 9.59 Å². The first-order chi connectivity index (χ1) is 7.88. The summed E-state index contributed by atoms with van der Waals surface area (Å²) >= 11 is 0. The van der Waals surface area contributed by atoms with Crippen LogP contribution in [-0.2, 0) is 9.59 Å². The molecule has 1 fully saturated rings. The molecule has 1 rings (SSSR count). The van der Waals surface area contributed by atoms with Gasteiger partial charge >= 0.3 is 0 Å². The Labute approximate surface area is 104 Å². The van der Waals surface area contributed by atoms with Crippen LogP contribution in [-0.4, -0.2) is 36.3 Å². The zero-order chi connectivity index (χ0) is 13.1. The summed E-state index contributed by atoms with van der Waals surface area (Å²) in [7, 11) is 1.95. The summed E-state index contributed by atoms with van der Waals surface area (Å²) in [4.78, 5) is 25.0. The molecule has 17 heavy (non-hydrogen) atoms. The van der Waals surface area contributed by atoms with Gasteiger partial charge in [0.1, 0.15) is 0 Å². The average Bonchev–Trinajstić information content (AvgIpc) is 2.45. The topological polar surface area (TPSA) is 49.4 Å². The number of hydrogen-bond donors (Lipinski definition) is 1. The van der Waals surface area contributed by atoms with Crippen LogP contribution in [0.2, 0.25) is 0 Å². The maximum absolute atomic E-state index is 11.9. The maximum atomic E-state index is 11.9. The molecule has 1 atom stereocenters. The monoisotopic (exact) mass is 240 g/mol. The van der Waals surface area contributed by atoms with Gasteiger partial charge in [-0.25, -0.2) is 0 Å². The van der Waals surface area contributed by atoms with Crippen molar-refractivity contribution >= 4 is 11.8 Å². The third-order valence-corrected chi connectivity index (χ3v) is 3.48. The zero-order valence-corrected chi connectivity index (χ0v) is 11.4. The molecule has 2 amide bonds. The largest absolute Gasteiger partial charge is 0.317 e. The van der Waals surface area contributed by atoms with Gasteiger partial charge in [-0.2, -0.15) is 0 Å². The third-order valence-electron chi connectivity index (χ3n) is 3.48. The van der Waals surface area contributed by atoms with Gasteiger partial charge in [0.05, 0.1) is 5.41 Å². The lowest BCUT2D eigenvalue weighted by Gasteiger charge is -2.18. The standard InChI is InChI=1S/C13H24N2O2/c1-10(14-4)7-5-6-8-15-11(16)9-13(2,3)12(15)17/h10,14H,5-9H2,1-4H3. The van der Waals surface area contributed by atoms with Crippen LogP contribution in [0.5, 0.6) is 0 Å². The van der Waals surface area contributed by atoms with Crippen molar-refractivity contribution in [3.05, 3.63) is 0 Å². The lowest BCUT2D eigenvalue weighted by atomic mass is 9.92. The molecule has 4 heteroatoms. The Balaban J connectivity index is 2.33. The number of imide groups is 1. The SMILES string of the molecule is CNC(C)CCCCN1C(=O)CC(C)(C)C1=O. The van der Waals surface area contributed by atoms with Gasteiger partial charge in [0.25, 0.3) is 0 Å². The van der Waals surface area contributed by atoms with E-state index in [1.165, 1.54) is 4.90 Å². The second kappa shape index (κ2) is 5.63. The molecule has 0 saturated carbocycles. The Hall–Kier alpha value is -0.900. The van der Waals surface area contributed by atoms with Crippen molar-refractivity contribution in [1.29, 1.82) is 0 Å². The van der Waals surface area contributed by atoms with Gasteiger partial charge < -0.3 is 5.32 Å². The van der Waals surface area contributed by atoms with Gasteiger partial charge in [-0.05, 0) is 26.8 Å². The minimum Gasteiger partial charge on any atom is -0.317 e. The van der Waals surface area contributed by atoms with Crippen molar-refractivity contribution in [2.45, 2.75) is 52.5 Å². The van der Waals surface area contributed by atoms with Crippen molar-refractivity contribution in [1.82, 2.24) is 10.2 Å². The van der Waals surface area contributed by atoms with Crippen molar-refractivity contribution < 1.29 is 9.59 Å². The average molecular weight is 240 g/mol. The van der Waals surface area contributed by atoms with Gasteiger partial charge in [-0.15, -0.1) is 0 Å². The quantitative estimate of drug-likeness (QED) is 0.566. The third kappa shape index (κ3) is 3.53. The Bertz CT molecular complexity index is 300. The van der Waals surface area contributed by atoms with Crippen molar-refractivity contribution in [2.24, 2.45) is 5.41 Å². The second-order valence-electron chi connectivity index (χ2n) is 5.60. The number of rotatable bonds is 6. The number of hydrogen-bond acceptors (Lipinski definition) is 3. The van der Waals surface area contributed by atoms with Gasteiger partial charge in [0.15, 0.2) is 0 Å². The van der Waals surface area contributed by atoms with Crippen LogP contribution >= 0.6 is 0 Å². The molecule has 1 aliphatic rings. The maximum Gasteiger partial charge on any atom is 0.235 e. The summed E-state index contributed by atoms with van der Waals surface area (Å²) in [6, 6.07) is 0.497. The van der Waals surface area contributed by atoms with E-state index >= 15 is 0 Å². The number of amides is 2. The molecule has 0 radical (unpaired) electrons. The van der Waals surface area contributed by atoms with Crippen molar-refractivity contribution in [3.63, 3.8) is 0 Å². The van der Waals surface area contributed by atoms with Crippen LogP contribution < -0.4 is 5.32 Å². The van der Waals surface area contributed by atoms with Gasteiger partial charge in [-0.1, -0.05) is 20.3 Å². The van der Waals surface area contributed by atoms with E-state index in [1.807, 2.05) is 20.9 Å². The highest BCUT2D eigenvalue weighted by Gasteiger charge is 2.44. The molecule has 1 N–H and O–H groups in total. The molecular weight excluding hydrogens is 216 g/mol. The fourth-order valence-electron chi connectivity index (χ4n) is 2.12. The lowest BCUT2D eigenvalue weighted by Crippen LogP contribution is -2.34. The Morgan fingerprint density at radius 3 is 2.47 bits per heavy atom. The minimum absolute atomic E-state index is 0.0100. The summed E-state index contributed by atoms with van der Waals surface area (Å²) in [5.41, 5.74) is -0.491. The van der Waals surface area contributed by atoms with E-state index in [-0.39, 0.29) is 11.8 Å². The molecule has 0 aromatic carbocycles. The van der Waals surface area contributed by atoms with Crippen LogP contribution in [0.25, 0.3) is 0 Å². The highest BCUT2D eigenvalue weighted by atomic mass is 16.2. The zero-order valence-electron chi connectivity index (χ0n) is 11.4. The normalized spacial score (nSPS) is 21.1. The van der Waals surface area contributed by atoms with Crippen LogP contribution in [0, 0.1) is 5.41 Å². The van der Waals surface area contributed by atoms with E-state index < -0.39 is 5.41 Å². The highest BCUT2D eigenvalue weighted by molar-refractivity contribution is 6.05. The Morgan fingerprint density at radius 2 is 2.00 bits per heavy atom. The summed E-state index contributed by atoms with van der Waals surface area (Å²) in [6.07, 6.45) is 3.38. The number of nitrogens with zero attached hydrogens (tertiary/aromatic N) is 1. The Morgan fingerprint density at radius 1 is 1.35 bits per heavy atom. The molecule has 0 aliphatic carbocycles. The van der Waals surface area contributed by atoms with Gasteiger partial charge in [-0.3, -0.25) is 14.5 Å². The molecule has 4 nitrogen and oxygen atoms in total. The van der Waals surface area contributed by atoms with E-state index in [0.29, 0.717) is 19.0 Å². The molecule has 98 valence electrons. The van der Waals surface area contributed by atoms with E-state index in [4.69, 9.17) is 0 Å². The first-order valence-electron chi connectivity index (χ1n) is 6.40. The fourth-order valence-corrected chi connectivity index (χ4v) is 2.12. The van der Waals surface area contributed by atoms with Crippen LogP contribution in [0.1, 0.15) is 46.5 Å². The molecule has 0 aromatic heterocycles. The van der Waals surface area contributed by atoms with Crippen molar-refractivity contribution in [2.75, 3.05) is 13.6 Å². The first-order valence-corrected chi connectivity index (χ1v) is 6.40. The highest BCUT2D eigenvalue weighted by Crippen LogP contribution is 2.31. The number of carbonyl (C=O) groups excluding carboxylic acids is 2. The minimum atomic E-state index is -0.491. The predicted molar refractivity (Wildman–Crippen MR) is 67.5 cm³/mol. The summed E-state index contributed by atoms with van der Waals surface area (Å²) in [5.74, 6) is -0.0224. The molecule has 1 aliphatic heterocycles. The molecular formula is C13H24N2O2. The number of carbonyl (C=O) groups is 2. The summed E-state index contributed by atoms with van der Waals surface area (Å²) < 4.78 is 0. The first kappa shape index (κ1) is 14.2. The molecule has 1 saturated heterocycles. The molecule has 0 spiro atoms. The Kier molecular flexibility index (Phi) is 4.69. The molecule has 1 heterocycles. The molecule has 1 unspecified atom stereocenters. The number of unbranched alkanes of at least 4 members (excludes halogenated alkanes) is 1.